The van der Waals surface area contributed by atoms with Gasteiger partial charge in [0.2, 0.25) is 0 Å². The van der Waals surface area contributed by atoms with E-state index in [-0.39, 0.29) is 5.41 Å². The topological polar surface area (TPSA) is 85.2 Å². The molecule has 6 heteroatoms. The molecule has 3 aliphatic rings. The minimum Gasteiger partial charge on any atom is -0.454 e. The third-order valence-electron chi connectivity index (χ3n) is 9.15. The summed E-state index contributed by atoms with van der Waals surface area (Å²) in [5, 5.41) is 20.8. The van der Waals surface area contributed by atoms with E-state index in [4.69, 9.17) is 14.2 Å². The Hall–Kier alpha value is -1.21. The number of allylic oxidation sites excluding steroid dienone is 1. The maximum atomic E-state index is 11.7. The Morgan fingerprint density at radius 3 is 2.56 bits per heavy atom. The van der Waals surface area contributed by atoms with Crippen LogP contribution < -0.4 is 0 Å². The second kappa shape index (κ2) is 10.0. The number of hydrogen-bond donors (Lipinski definition) is 2. The molecule has 6 nitrogen and oxygen atoms in total. The van der Waals surface area contributed by atoms with Gasteiger partial charge in [0.15, 0.2) is 12.4 Å². The predicted molar refractivity (Wildman–Crippen MR) is 132 cm³/mol. The largest absolute Gasteiger partial charge is 0.454 e. The molecular formula is C28H46O6. The minimum absolute atomic E-state index is 0.218. The lowest BCUT2D eigenvalue weighted by atomic mass is 9.47. The van der Waals surface area contributed by atoms with Gasteiger partial charge in [0.1, 0.15) is 12.2 Å². The number of rotatable bonds is 7. The highest BCUT2D eigenvalue weighted by molar-refractivity contribution is 5.66. The molecule has 0 aromatic heterocycles. The summed E-state index contributed by atoms with van der Waals surface area (Å²) in [6, 6.07) is 0. The molecule has 0 aromatic rings. The van der Waals surface area contributed by atoms with Gasteiger partial charge < -0.3 is 24.4 Å². The van der Waals surface area contributed by atoms with Crippen LogP contribution in [0.15, 0.2) is 24.8 Å². The summed E-state index contributed by atoms with van der Waals surface area (Å²) < 4.78 is 17.5. The Kier molecular flexibility index (Phi) is 8.08. The van der Waals surface area contributed by atoms with Gasteiger partial charge in [0.05, 0.1) is 11.7 Å². The summed E-state index contributed by atoms with van der Waals surface area (Å²) in [6.45, 7) is 20.7. The van der Waals surface area contributed by atoms with Crippen LogP contribution in [0.1, 0.15) is 86.5 Å². The Labute approximate surface area is 205 Å². The van der Waals surface area contributed by atoms with Crippen molar-refractivity contribution in [3.63, 3.8) is 0 Å². The Bertz CT molecular complexity index is 777. The van der Waals surface area contributed by atoms with Crippen LogP contribution in [0.3, 0.4) is 0 Å². The van der Waals surface area contributed by atoms with Gasteiger partial charge in [0.25, 0.3) is 0 Å². The number of aliphatic hydroxyl groups excluding tert-OH is 2. The minimum atomic E-state index is -1.30. The summed E-state index contributed by atoms with van der Waals surface area (Å²) in [5.74, 6) is 0.505. The number of aliphatic hydroxyl groups is 2. The first-order valence-electron chi connectivity index (χ1n) is 12.9. The van der Waals surface area contributed by atoms with Gasteiger partial charge in [-0.15, -0.1) is 6.58 Å². The van der Waals surface area contributed by atoms with Crippen molar-refractivity contribution in [3.8, 4) is 0 Å². The zero-order chi connectivity index (χ0) is 25.5. The van der Waals surface area contributed by atoms with E-state index in [9.17, 15) is 15.0 Å². The van der Waals surface area contributed by atoms with Gasteiger partial charge in [-0.2, -0.15) is 0 Å². The van der Waals surface area contributed by atoms with Gasteiger partial charge in [-0.1, -0.05) is 45.4 Å². The molecule has 0 bridgehead atoms. The van der Waals surface area contributed by atoms with E-state index >= 15 is 0 Å². The molecule has 2 aliphatic carbocycles. The van der Waals surface area contributed by atoms with Crippen LogP contribution in [-0.2, 0) is 19.0 Å². The molecule has 0 aromatic carbocycles. The van der Waals surface area contributed by atoms with E-state index in [0.29, 0.717) is 23.7 Å². The highest BCUT2D eigenvalue weighted by Crippen LogP contribution is 2.62. The van der Waals surface area contributed by atoms with Crippen LogP contribution in [0.2, 0.25) is 0 Å². The van der Waals surface area contributed by atoms with Gasteiger partial charge in [0, 0.05) is 6.92 Å². The average molecular weight is 479 g/mol. The van der Waals surface area contributed by atoms with Crippen molar-refractivity contribution in [2.24, 2.45) is 22.7 Å². The molecule has 9 atom stereocenters. The fourth-order valence-electron chi connectivity index (χ4n) is 7.13. The molecule has 0 unspecified atom stereocenters. The lowest BCUT2D eigenvalue weighted by Gasteiger charge is -2.58. The van der Waals surface area contributed by atoms with Crippen LogP contribution in [0.5, 0.6) is 0 Å². The number of esters is 1. The maximum absolute atomic E-state index is 11.7. The van der Waals surface area contributed by atoms with E-state index in [1.807, 2.05) is 6.92 Å². The fourth-order valence-corrected chi connectivity index (χ4v) is 7.13. The average Bonchev–Trinajstić information content (AvgIpc) is 2.73. The molecular weight excluding hydrogens is 432 g/mol. The molecule has 34 heavy (non-hydrogen) atoms. The molecule has 2 saturated carbocycles. The van der Waals surface area contributed by atoms with E-state index in [2.05, 4.69) is 33.9 Å². The molecule has 0 radical (unpaired) electrons. The molecule has 0 amide bonds. The first kappa shape index (κ1) is 27.4. The fraction of sp³-hybridized carbons (Fsp3) is 0.821. The van der Waals surface area contributed by atoms with E-state index < -0.39 is 42.3 Å². The first-order chi connectivity index (χ1) is 15.7. The SMILES string of the molecule is C=C[C@](C)(CC[C@H]1C(=C)CC[C@H]2C(C)(C)CCC[C@]12C)O[C@@H]1O[C@@H](C)[C@H](O)[C@@H](O)[C@H]1OC(C)=O. The standard InChI is InChI=1S/C28H46O6/c1-9-27(7,34-25-24(33-19(4)29)23(31)22(30)18(3)32-25)16-13-20-17(2)11-12-21-26(5,6)14-10-15-28(20,21)8/h9,18,20-25,30-31H,1-2,10-16H2,3-8H3/t18-,20-,21-,22-,23+,24+,25-,27+,28+/m0/s1. The molecule has 1 aliphatic heterocycles. The van der Waals surface area contributed by atoms with E-state index in [1.165, 1.54) is 38.2 Å². The van der Waals surface area contributed by atoms with E-state index in [0.717, 1.165) is 12.8 Å². The summed E-state index contributed by atoms with van der Waals surface area (Å²) in [6.07, 6.45) is 4.15. The van der Waals surface area contributed by atoms with Crippen molar-refractivity contribution in [3.05, 3.63) is 24.8 Å². The van der Waals surface area contributed by atoms with Crippen LogP contribution in [0.25, 0.3) is 0 Å². The van der Waals surface area contributed by atoms with Crippen molar-refractivity contribution in [1.29, 1.82) is 0 Å². The predicted octanol–water partition coefficient (Wildman–Crippen LogP) is 4.93. The van der Waals surface area contributed by atoms with Crippen molar-refractivity contribution >= 4 is 5.97 Å². The number of carbonyl (C=O) groups excluding carboxylic acids is 1. The second-order valence-electron chi connectivity index (χ2n) is 12.1. The van der Waals surface area contributed by atoms with Gasteiger partial charge in [-0.25, -0.2) is 0 Å². The van der Waals surface area contributed by atoms with Crippen molar-refractivity contribution < 1.29 is 29.2 Å². The normalized spacial score (nSPS) is 41.8. The highest BCUT2D eigenvalue weighted by atomic mass is 16.7. The maximum Gasteiger partial charge on any atom is 0.303 e. The summed E-state index contributed by atoms with van der Waals surface area (Å²) in [7, 11) is 0. The van der Waals surface area contributed by atoms with Crippen LogP contribution in [0.4, 0.5) is 0 Å². The van der Waals surface area contributed by atoms with Crippen molar-refractivity contribution in [1.82, 2.24) is 0 Å². The number of ether oxygens (including phenoxy) is 3. The smallest absolute Gasteiger partial charge is 0.303 e. The summed E-state index contributed by atoms with van der Waals surface area (Å²) in [5.41, 5.74) is 1.13. The van der Waals surface area contributed by atoms with Crippen LogP contribution >= 0.6 is 0 Å². The van der Waals surface area contributed by atoms with Gasteiger partial charge in [-0.3, -0.25) is 4.79 Å². The molecule has 3 fully saturated rings. The molecule has 3 rings (SSSR count). The number of hydrogen-bond acceptors (Lipinski definition) is 6. The Morgan fingerprint density at radius 2 is 1.94 bits per heavy atom. The third kappa shape index (κ3) is 5.30. The molecule has 2 N–H and O–H groups in total. The number of fused-ring (bicyclic) bond motifs is 1. The molecule has 1 heterocycles. The molecule has 0 spiro atoms. The lowest BCUT2D eigenvalue weighted by Crippen LogP contribution is -2.60. The van der Waals surface area contributed by atoms with Gasteiger partial charge in [-0.05, 0) is 75.0 Å². The summed E-state index contributed by atoms with van der Waals surface area (Å²) in [4.78, 5) is 11.7. The van der Waals surface area contributed by atoms with Crippen LogP contribution in [-0.4, -0.2) is 52.5 Å². The van der Waals surface area contributed by atoms with Gasteiger partial charge >= 0.3 is 5.97 Å². The Balaban J connectivity index is 1.77. The Morgan fingerprint density at radius 1 is 1.26 bits per heavy atom. The third-order valence-corrected chi connectivity index (χ3v) is 9.15. The highest BCUT2D eigenvalue weighted by Gasteiger charge is 2.53. The molecule has 194 valence electrons. The van der Waals surface area contributed by atoms with Crippen molar-refractivity contribution in [2.45, 2.75) is 123 Å². The number of carbonyl (C=O) groups is 1. The zero-order valence-corrected chi connectivity index (χ0v) is 22.0. The monoisotopic (exact) mass is 478 g/mol. The van der Waals surface area contributed by atoms with Crippen molar-refractivity contribution in [2.75, 3.05) is 0 Å². The van der Waals surface area contributed by atoms with E-state index in [1.54, 1.807) is 13.0 Å². The zero-order valence-electron chi connectivity index (χ0n) is 22.0. The second-order valence-corrected chi connectivity index (χ2v) is 12.1. The molecule has 1 saturated heterocycles. The van der Waals surface area contributed by atoms with Crippen LogP contribution in [0, 0.1) is 22.7 Å². The first-order valence-corrected chi connectivity index (χ1v) is 12.9. The lowest BCUT2D eigenvalue weighted by molar-refractivity contribution is -0.315. The summed E-state index contributed by atoms with van der Waals surface area (Å²) >= 11 is 0. The quantitative estimate of drug-likeness (QED) is 0.399.